The maximum absolute atomic E-state index is 5.72. The highest BCUT2D eigenvalue weighted by Gasteiger charge is 2.22. The number of likely N-dealkylation sites (tertiary alicyclic amines) is 1. The molecule has 1 aliphatic heterocycles. The molecule has 1 fully saturated rings. The second kappa shape index (κ2) is 9.72. The Morgan fingerprint density at radius 1 is 1.00 bits per heavy atom. The summed E-state index contributed by atoms with van der Waals surface area (Å²) in [5.74, 6) is 2.91. The highest BCUT2D eigenvalue weighted by molar-refractivity contribution is 5.54. The van der Waals surface area contributed by atoms with E-state index in [0.29, 0.717) is 12.5 Å². The van der Waals surface area contributed by atoms with Gasteiger partial charge in [-0.1, -0.05) is 36.4 Å². The van der Waals surface area contributed by atoms with Crippen LogP contribution in [-0.2, 0) is 6.54 Å². The van der Waals surface area contributed by atoms with Gasteiger partial charge in [-0.05, 0) is 56.6 Å². The first-order valence-electron chi connectivity index (χ1n) is 10.7. The van der Waals surface area contributed by atoms with Gasteiger partial charge in [-0.25, -0.2) is 9.97 Å². The summed E-state index contributed by atoms with van der Waals surface area (Å²) in [6.07, 6.45) is 4.11. The van der Waals surface area contributed by atoms with Crippen molar-refractivity contribution < 1.29 is 9.47 Å². The van der Waals surface area contributed by atoms with Crippen molar-refractivity contribution in [1.82, 2.24) is 14.9 Å². The molecule has 30 heavy (non-hydrogen) atoms. The molecule has 2 heterocycles. The molecular formula is C25H29N3O2. The lowest BCUT2D eigenvalue weighted by molar-refractivity contribution is 0.203. The monoisotopic (exact) mass is 403 g/mol. The molecule has 2 aromatic carbocycles. The predicted molar refractivity (Wildman–Crippen MR) is 119 cm³/mol. The van der Waals surface area contributed by atoms with Crippen LogP contribution in [0.4, 0.5) is 0 Å². The molecule has 0 N–H and O–H groups in total. The van der Waals surface area contributed by atoms with Crippen molar-refractivity contribution in [2.75, 3.05) is 26.8 Å². The Morgan fingerprint density at radius 2 is 1.80 bits per heavy atom. The molecule has 5 nitrogen and oxygen atoms in total. The third-order valence-corrected chi connectivity index (χ3v) is 5.65. The largest absolute Gasteiger partial charge is 0.493 e. The van der Waals surface area contributed by atoms with E-state index >= 15 is 0 Å². The van der Waals surface area contributed by atoms with E-state index in [-0.39, 0.29) is 0 Å². The fourth-order valence-electron chi connectivity index (χ4n) is 4.06. The Morgan fingerprint density at radius 3 is 2.53 bits per heavy atom. The van der Waals surface area contributed by atoms with Crippen LogP contribution in [0.25, 0.3) is 11.4 Å². The number of piperidine rings is 1. The molecule has 0 unspecified atom stereocenters. The Hall–Kier alpha value is -2.92. The summed E-state index contributed by atoms with van der Waals surface area (Å²) in [5, 5.41) is 0. The van der Waals surface area contributed by atoms with Gasteiger partial charge in [-0.3, -0.25) is 4.90 Å². The van der Waals surface area contributed by atoms with Gasteiger partial charge in [0.25, 0.3) is 0 Å². The van der Waals surface area contributed by atoms with Crippen LogP contribution in [0, 0.1) is 0 Å². The average Bonchev–Trinajstić information content (AvgIpc) is 2.81. The van der Waals surface area contributed by atoms with Gasteiger partial charge in [0.05, 0.1) is 13.7 Å². The van der Waals surface area contributed by atoms with Crippen LogP contribution in [0.1, 0.15) is 36.9 Å². The van der Waals surface area contributed by atoms with Crippen molar-refractivity contribution in [2.24, 2.45) is 0 Å². The first-order valence-corrected chi connectivity index (χ1v) is 10.7. The summed E-state index contributed by atoms with van der Waals surface area (Å²) in [7, 11) is 1.68. The van der Waals surface area contributed by atoms with Gasteiger partial charge in [-0.15, -0.1) is 0 Å². The fourth-order valence-corrected chi connectivity index (χ4v) is 4.06. The van der Waals surface area contributed by atoms with E-state index in [1.54, 1.807) is 7.11 Å². The highest BCUT2D eigenvalue weighted by Crippen LogP contribution is 2.31. The number of hydrogen-bond donors (Lipinski definition) is 0. The summed E-state index contributed by atoms with van der Waals surface area (Å²) in [5.41, 5.74) is 3.49. The van der Waals surface area contributed by atoms with Gasteiger partial charge >= 0.3 is 0 Å². The first-order chi connectivity index (χ1) is 14.8. The number of aromatic nitrogens is 2. The quantitative estimate of drug-likeness (QED) is 0.560. The molecule has 0 radical (unpaired) electrons. The minimum absolute atomic E-state index is 0.488. The fraction of sp³-hybridized carbons (Fsp3) is 0.360. The lowest BCUT2D eigenvalue weighted by Gasteiger charge is -2.31. The third-order valence-electron chi connectivity index (χ3n) is 5.65. The zero-order valence-corrected chi connectivity index (χ0v) is 17.8. The molecule has 0 atom stereocenters. The van der Waals surface area contributed by atoms with Gasteiger partial charge in [0.1, 0.15) is 0 Å². The zero-order chi connectivity index (χ0) is 20.8. The molecule has 0 saturated carbocycles. The molecule has 3 aromatic rings. The van der Waals surface area contributed by atoms with E-state index in [1.165, 1.54) is 5.56 Å². The van der Waals surface area contributed by atoms with Crippen LogP contribution >= 0.6 is 0 Å². The molecule has 156 valence electrons. The normalized spacial score (nSPS) is 15.1. The van der Waals surface area contributed by atoms with Crippen molar-refractivity contribution in [3.8, 4) is 22.9 Å². The molecule has 0 amide bonds. The molecule has 0 spiro atoms. The predicted octanol–water partition coefficient (Wildman–Crippen LogP) is 4.93. The number of benzene rings is 2. The summed E-state index contributed by atoms with van der Waals surface area (Å²) in [6.45, 7) is 5.68. The summed E-state index contributed by atoms with van der Waals surface area (Å²) < 4.78 is 11.1. The minimum Gasteiger partial charge on any atom is -0.493 e. The smallest absolute Gasteiger partial charge is 0.161 e. The van der Waals surface area contributed by atoms with Gasteiger partial charge in [0.2, 0.25) is 0 Å². The topological polar surface area (TPSA) is 47.5 Å². The number of rotatable bonds is 7. The maximum atomic E-state index is 5.72. The van der Waals surface area contributed by atoms with E-state index in [0.717, 1.165) is 61.1 Å². The molecule has 5 heteroatoms. The number of ether oxygens (including phenoxy) is 2. The summed E-state index contributed by atoms with van der Waals surface area (Å²) in [4.78, 5) is 11.8. The van der Waals surface area contributed by atoms with Gasteiger partial charge in [0.15, 0.2) is 17.3 Å². The van der Waals surface area contributed by atoms with Crippen LogP contribution in [0.2, 0.25) is 0 Å². The Labute approximate surface area is 178 Å². The van der Waals surface area contributed by atoms with Crippen molar-refractivity contribution in [3.63, 3.8) is 0 Å². The van der Waals surface area contributed by atoms with Gasteiger partial charge < -0.3 is 9.47 Å². The lowest BCUT2D eigenvalue weighted by Crippen LogP contribution is -2.32. The second-order valence-electron chi connectivity index (χ2n) is 7.64. The van der Waals surface area contributed by atoms with E-state index in [1.807, 2.05) is 37.4 Å². The van der Waals surface area contributed by atoms with Crippen LogP contribution in [0.3, 0.4) is 0 Å². The minimum atomic E-state index is 0.488. The highest BCUT2D eigenvalue weighted by atomic mass is 16.5. The van der Waals surface area contributed by atoms with Crippen molar-refractivity contribution in [1.29, 1.82) is 0 Å². The molecule has 0 bridgehead atoms. The zero-order valence-electron chi connectivity index (χ0n) is 17.8. The molecule has 1 aromatic heterocycles. The summed E-state index contributed by atoms with van der Waals surface area (Å²) >= 11 is 0. The number of hydrogen-bond acceptors (Lipinski definition) is 5. The van der Waals surface area contributed by atoms with E-state index in [4.69, 9.17) is 14.5 Å². The molecule has 0 aliphatic carbocycles. The van der Waals surface area contributed by atoms with E-state index < -0.39 is 0 Å². The average molecular weight is 404 g/mol. The van der Waals surface area contributed by atoms with Crippen molar-refractivity contribution >= 4 is 0 Å². The number of nitrogens with zero attached hydrogens (tertiary/aromatic N) is 3. The Balaban J connectivity index is 1.38. The van der Waals surface area contributed by atoms with Crippen molar-refractivity contribution in [3.05, 3.63) is 72.1 Å². The molecule has 1 aliphatic rings. The first kappa shape index (κ1) is 20.4. The Kier molecular flexibility index (Phi) is 6.60. The van der Waals surface area contributed by atoms with E-state index in [9.17, 15) is 0 Å². The molecular weight excluding hydrogens is 374 g/mol. The Bertz CT molecular complexity index is 954. The van der Waals surface area contributed by atoms with Crippen LogP contribution in [-0.4, -0.2) is 41.7 Å². The lowest BCUT2D eigenvalue weighted by atomic mass is 9.93. The second-order valence-corrected chi connectivity index (χ2v) is 7.64. The maximum Gasteiger partial charge on any atom is 0.161 e. The summed E-state index contributed by atoms with van der Waals surface area (Å²) in [6, 6.07) is 18.5. The van der Waals surface area contributed by atoms with Crippen LogP contribution < -0.4 is 9.47 Å². The van der Waals surface area contributed by atoms with Gasteiger partial charge in [0, 0.05) is 29.9 Å². The SMILES string of the molecule is CCOc1cc(CN2CCC(c3ccnc(-c4ccccc4)n3)CC2)ccc1OC. The van der Waals surface area contributed by atoms with Crippen LogP contribution in [0.15, 0.2) is 60.8 Å². The standard InChI is InChI=1S/C25H29N3O2/c1-3-30-24-17-19(9-10-23(24)29-2)18-28-15-12-20(13-16-28)22-11-14-26-25(27-22)21-7-5-4-6-8-21/h4-11,14,17,20H,3,12-13,15-16,18H2,1-2H3. The van der Waals surface area contributed by atoms with Gasteiger partial charge in [-0.2, -0.15) is 0 Å². The van der Waals surface area contributed by atoms with Crippen molar-refractivity contribution in [2.45, 2.75) is 32.2 Å². The number of methoxy groups -OCH3 is 1. The van der Waals surface area contributed by atoms with Crippen LogP contribution in [0.5, 0.6) is 11.5 Å². The van der Waals surface area contributed by atoms with E-state index in [2.05, 4.69) is 40.2 Å². The third kappa shape index (κ3) is 4.79. The molecule has 1 saturated heterocycles. The molecule has 4 rings (SSSR count).